The summed E-state index contributed by atoms with van der Waals surface area (Å²) in [5, 5.41) is 0. The Balaban J connectivity index is 0.000000537. The van der Waals surface area contributed by atoms with Crippen LogP contribution in [0.5, 0.6) is 0 Å². The van der Waals surface area contributed by atoms with Crippen LogP contribution in [0.3, 0.4) is 0 Å². The predicted molar refractivity (Wildman–Crippen MR) is 174 cm³/mol. The Morgan fingerprint density at radius 3 is 2.13 bits per heavy atom. The number of allylic oxidation sites excluding steroid dienone is 5. The molecule has 0 N–H and O–H groups in total. The first-order valence-electron chi connectivity index (χ1n) is 16.2. The second kappa shape index (κ2) is 17.1. The van der Waals surface area contributed by atoms with Crippen molar-refractivity contribution in [2.75, 3.05) is 19.6 Å². The van der Waals surface area contributed by atoms with Crippen LogP contribution in [0, 0.1) is 23.0 Å². The molecule has 1 aromatic carbocycles. The summed E-state index contributed by atoms with van der Waals surface area (Å²) in [5.74, 6) is -0.871. The second-order valence-electron chi connectivity index (χ2n) is 12.8. The second-order valence-corrected chi connectivity index (χ2v) is 12.8. The number of carbonyl (C=O) groups is 1. The van der Waals surface area contributed by atoms with Crippen molar-refractivity contribution in [2.24, 2.45) is 16.3 Å². The summed E-state index contributed by atoms with van der Waals surface area (Å²) in [6, 6.07) is 3.45. The number of halogens is 5. The number of aryl methyl sites for hydroxylation is 1. The van der Waals surface area contributed by atoms with Crippen LogP contribution < -0.4 is 0 Å². The Hall–Kier alpha value is -2.97. The third kappa shape index (κ3) is 10.8. The average Bonchev–Trinajstić information content (AvgIpc) is 2.90. The average molecular weight is 638 g/mol. The molecule has 0 aromatic heterocycles. The minimum Gasteiger partial charge on any atom is -0.371 e. The van der Waals surface area contributed by atoms with Crippen LogP contribution in [0.15, 0.2) is 58.4 Å². The number of amides is 1. The summed E-state index contributed by atoms with van der Waals surface area (Å²) in [7, 11) is 0. The van der Waals surface area contributed by atoms with Gasteiger partial charge in [-0.1, -0.05) is 52.7 Å². The molecule has 3 rings (SSSR count). The summed E-state index contributed by atoms with van der Waals surface area (Å²) in [6.45, 7) is 16.0. The lowest BCUT2D eigenvalue weighted by atomic mass is 9.75. The SMILES string of the molecule is CCCc1cc(F)cc(F)c1.C\C=C(C(/C(C)=N/C=C/CC)=C(/C)N1CCN(C(=O)CC(C)(C)C(F)(F)F)C(C)C1)\C1CCC1. The van der Waals surface area contributed by atoms with Crippen molar-refractivity contribution in [1.82, 2.24) is 9.80 Å². The van der Waals surface area contributed by atoms with Crippen LogP contribution in [0.1, 0.15) is 99.5 Å². The quantitative estimate of drug-likeness (QED) is 0.145. The van der Waals surface area contributed by atoms with Gasteiger partial charge in [0, 0.05) is 61.3 Å². The maximum atomic E-state index is 13.3. The van der Waals surface area contributed by atoms with Gasteiger partial charge in [-0.05, 0) is 82.6 Å². The summed E-state index contributed by atoms with van der Waals surface area (Å²) >= 11 is 0. The lowest BCUT2D eigenvalue weighted by molar-refractivity contribution is -0.215. The van der Waals surface area contributed by atoms with E-state index in [-0.39, 0.29) is 6.04 Å². The van der Waals surface area contributed by atoms with E-state index in [9.17, 15) is 26.7 Å². The van der Waals surface area contributed by atoms with Crippen LogP contribution in [0.25, 0.3) is 0 Å². The van der Waals surface area contributed by atoms with E-state index in [1.807, 2.05) is 33.0 Å². The molecule has 4 nitrogen and oxygen atoms in total. The molecule has 1 atom stereocenters. The molecule has 0 radical (unpaired) electrons. The van der Waals surface area contributed by atoms with Gasteiger partial charge in [-0.25, -0.2) is 8.78 Å². The first-order valence-corrected chi connectivity index (χ1v) is 16.2. The fourth-order valence-corrected chi connectivity index (χ4v) is 5.73. The fourth-order valence-electron chi connectivity index (χ4n) is 5.73. The van der Waals surface area contributed by atoms with Crippen molar-refractivity contribution >= 4 is 11.6 Å². The van der Waals surface area contributed by atoms with Gasteiger partial charge in [0.05, 0.1) is 5.41 Å². The molecule has 45 heavy (non-hydrogen) atoms. The predicted octanol–water partition coefficient (Wildman–Crippen LogP) is 9.82. The maximum absolute atomic E-state index is 13.3. The molecule has 9 heteroatoms. The number of piperazine rings is 1. The van der Waals surface area contributed by atoms with E-state index >= 15 is 0 Å². The third-order valence-corrected chi connectivity index (χ3v) is 8.72. The molecule has 1 amide bonds. The van der Waals surface area contributed by atoms with Gasteiger partial charge in [-0.2, -0.15) is 13.2 Å². The van der Waals surface area contributed by atoms with Gasteiger partial charge in [0.15, 0.2) is 0 Å². The highest BCUT2D eigenvalue weighted by molar-refractivity contribution is 6.03. The number of hydrogen-bond donors (Lipinski definition) is 0. The first-order chi connectivity index (χ1) is 21.1. The van der Waals surface area contributed by atoms with Crippen molar-refractivity contribution in [3.05, 3.63) is 70.6 Å². The van der Waals surface area contributed by atoms with E-state index in [1.165, 1.54) is 37.0 Å². The zero-order valence-corrected chi connectivity index (χ0v) is 28.3. The normalized spacial score (nSPS) is 19.3. The van der Waals surface area contributed by atoms with Crippen LogP contribution in [0.4, 0.5) is 22.0 Å². The largest absolute Gasteiger partial charge is 0.394 e. The summed E-state index contributed by atoms with van der Waals surface area (Å²) in [4.78, 5) is 21.4. The van der Waals surface area contributed by atoms with Crippen molar-refractivity contribution < 1.29 is 26.7 Å². The van der Waals surface area contributed by atoms with Gasteiger partial charge < -0.3 is 9.80 Å². The number of alkyl halides is 3. The highest BCUT2D eigenvalue weighted by Crippen LogP contribution is 2.41. The van der Waals surface area contributed by atoms with Gasteiger partial charge in [-0.3, -0.25) is 9.79 Å². The van der Waals surface area contributed by atoms with Crippen LogP contribution >= 0.6 is 0 Å². The Bertz CT molecular complexity index is 1240. The molecule has 1 saturated heterocycles. The molecule has 1 aliphatic heterocycles. The summed E-state index contributed by atoms with van der Waals surface area (Å²) in [6.07, 6.45) is 7.33. The molecule has 1 aromatic rings. The van der Waals surface area contributed by atoms with E-state index in [0.29, 0.717) is 25.6 Å². The van der Waals surface area contributed by atoms with E-state index < -0.39 is 35.6 Å². The molecule has 252 valence electrons. The van der Waals surface area contributed by atoms with Gasteiger partial charge in [0.2, 0.25) is 5.91 Å². The smallest absolute Gasteiger partial charge is 0.371 e. The van der Waals surface area contributed by atoms with Crippen molar-refractivity contribution in [3.63, 3.8) is 0 Å². The maximum Gasteiger partial charge on any atom is 0.394 e. The molecule has 2 aliphatic rings. The molecule has 1 saturated carbocycles. The molecular formula is C36H52F5N3O. The standard InChI is InChI=1S/C27H42F3N3O.C9H10F2/c1-8-10-14-31-20(4)25(23(9-2)22-12-11-13-22)21(5)32-15-16-33(19(3)18-32)24(34)17-26(6,7)27(28,29)30;1-2-3-7-4-8(10)6-9(11)5-7/h9-10,14,19,22H,8,11-13,15-18H2,1-7H3;4-6H,2-3H2,1H3/b14-10+,23-9-,25-21-,31-20+;. The van der Waals surface area contributed by atoms with Crippen molar-refractivity contribution in [3.8, 4) is 0 Å². The molecule has 2 fully saturated rings. The van der Waals surface area contributed by atoms with Gasteiger partial charge in [-0.15, -0.1) is 0 Å². The molecule has 1 aliphatic carbocycles. The van der Waals surface area contributed by atoms with Crippen molar-refractivity contribution in [1.29, 1.82) is 0 Å². The van der Waals surface area contributed by atoms with Gasteiger partial charge in [0.25, 0.3) is 0 Å². The highest BCUT2D eigenvalue weighted by Gasteiger charge is 2.49. The summed E-state index contributed by atoms with van der Waals surface area (Å²) < 4.78 is 64.9. The summed E-state index contributed by atoms with van der Waals surface area (Å²) in [5.41, 5.74) is 3.28. The molecular weight excluding hydrogens is 585 g/mol. The zero-order chi connectivity index (χ0) is 33.9. The number of benzene rings is 1. The minimum absolute atomic E-state index is 0.170. The van der Waals surface area contributed by atoms with E-state index in [0.717, 1.165) is 61.7 Å². The minimum atomic E-state index is -4.41. The Kier molecular flexibility index (Phi) is 14.5. The Labute approximate surface area is 267 Å². The zero-order valence-electron chi connectivity index (χ0n) is 28.3. The number of carbonyl (C=O) groups excluding carboxylic acids is 1. The topological polar surface area (TPSA) is 35.9 Å². The van der Waals surface area contributed by atoms with Crippen LogP contribution in [-0.4, -0.2) is 53.3 Å². The fraction of sp³-hybridized carbons (Fsp3) is 0.611. The molecule has 1 unspecified atom stereocenters. The van der Waals surface area contributed by atoms with E-state index in [2.05, 4.69) is 31.7 Å². The number of aliphatic imine (C=N–C) groups is 1. The third-order valence-electron chi connectivity index (χ3n) is 8.72. The lowest BCUT2D eigenvalue weighted by Crippen LogP contribution is -2.54. The van der Waals surface area contributed by atoms with E-state index in [1.54, 1.807) is 4.90 Å². The lowest BCUT2D eigenvalue weighted by Gasteiger charge is -2.43. The molecule has 0 spiro atoms. The van der Waals surface area contributed by atoms with E-state index in [4.69, 9.17) is 4.99 Å². The monoisotopic (exact) mass is 637 g/mol. The number of rotatable bonds is 10. The highest BCUT2D eigenvalue weighted by atomic mass is 19.4. The molecule has 1 heterocycles. The Morgan fingerprint density at radius 2 is 1.67 bits per heavy atom. The van der Waals surface area contributed by atoms with Gasteiger partial charge >= 0.3 is 6.18 Å². The number of nitrogens with zero attached hydrogens (tertiary/aromatic N) is 3. The molecule has 0 bridgehead atoms. The van der Waals surface area contributed by atoms with Crippen LogP contribution in [-0.2, 0) is 11.2 Å². The number of hydrogen-bond acceptors (Lipinski definition) is 3. The van der Waals surface area contributed by atoms with Gasteiger partial charge in [0.1, 0.15) is 11.6 Å². The first kappa shape index (κ1) is 38.2. The Morgan fingerprint density at radius 1 is 1.04 bits per heavy atom. The van der Waals surface area contributed by atoms with Crippen molar-refractivity contribution in [2.45, 2.75) is 113 Å². The van der Waals surface area contributed by atoms with Crippen LogP contribution in [0.2, 0.25) is 0 Å².